The number of para-hydroxylation sites is 1. The SMILES string of the molecule is C=CCN1C(=O)C(C#N)=C(C)/C(=C\c2cn(-c3ccccc3)nc2-c2ccc(OCc3ccc(Cl)cc3Cl)cc2)C1=O. The van der Waals surface area contributed by atoms with Gasteiger partial charge in [-0.05, 0) is 67.1 Å². The van der Waals surface area contributed by atoms with Crippen LogP contribution in [0.4, 0.5) is 0 Å². The van der Waals surface area contributed by atoms with Crippen LogP contribution in [0.3, 0.4) is 0 Å². The first kappa shape index (κ1) is 28.6. The minimum absolute atomic E-state index is 0.00764. The lowest BCUT2D eigenvalue weighted by molar-refractivity contribution is -0.139. The van der Waals surface area contributed by atoms with Gasteiger partial charge in [-0.2, -0.15) is 10.4 Å². The summed E-state index contributed by atoms with van der Waals surface area (Å²) in [6.07, 6.45) is 4.93. The highest BCUT2D eigenvalue weighted by molar-refractivity contribution is 6.35. The Morgan fingerprint density at radius 2 is 1.76 bits per heavy atom. The van der Waals surface area contributed by atoms with E-state index in [1.807, 2.05) is 72.9 Å². The molecule has 5 rings (SSSR count). The van der Waals surface area contributed by atoms with Crippen LogP contribution in [0.2, 0.25) is 10.0 Å². The number of hydrogen-bond acceptors (Lipinski definition) is 5. The molecule has 0 atom stereocenters. The summed E-state index contributed by atoms with van der Waals surface area (Å²) >= 11 is 12.3. The van der Waals surface area contributed by atoms with Gasteiger partial charge in [0.2, 0.25) is 0 Å². The van der Waals surface area contributed by atoms with Gasteiger partial charge in [-0.3, -0.25) is 14.5 Å². The number of imide groups is 1. The number of carbonyl (C=O) groups excluding carboxylic acids is 2. The van der Waals surface area contributed by atoms with Crippen molar-refractivity contribution in [2.45, 2.75) is 13.5 Å². The Balaban J connectivity index is 1.54. The number of amides is 2. The molecule has 0 bridgehead atoms. The molecule has 2 amide bonds. The van der Waals surface area contributed by atoms with Gasteiger partial charge in [-0.15, -0.1) is 6.58 Å². The molecule has 2 heterocycles. The Kier molecular flexibility index (Phi) is 8.39. The van der Waals surface area contributed by atoms with E-state index in [4.69, 9.17) is 33.0 Å². The predicted molar refractivity (Wildman–Crippen MR) is 163 cm³/mol. The number of nitriles is 1. The first-order valence-electron chi connectivity index (χ1n) is 12.9. The Morgan fingerprint density at radius 1 is 1.02 bits per heavy atom. The summed E-state index contributed by atoms with van der Waals surface area (Å²) in [5, 5.41) is 15.6. The van der Waals surface area contributed by atoms with E-state index in [1.54, 1.807) is 29.8 Å². The fraction of sp³-hybridized carbons (Fsp3) is 0.0909. The number of hydrogen-bond donors (Lipinski definition) is 0. The Hall–Kier alpha value is -4.90. The summed E-state index contributed by atoms with van der Waals surface area (Å²) in [7, 11) is 0. The Morgan fingerprint density at radius 3 is 2.43 bits per heavy atom. The lowest BCUT2D eigenvalue weighted by Crippen LogP contribution is -2.42. The maximum absolute atomic E-state index is 13.4. The third kappa shape index (κ3) is 5.77. The van der Waals surface area contributed by atoms with E-state index in [9.17, 15) is 14.9 Å². The quantitative estimate of drug-likeness (QED) is 0.122. The summed E-state index contributed by atoms with van der Waals surface area (Å²) in [6.45, 7) is 5.50. The monoisotopic (exact) mass is 594 g/mol. The smallest absolute Gasteiger partial charge is 0.271 e. The van der Waals surface area contributed by atoms with Gasteiger partial charge in [0.05, 0.1) is 11.4 Å². The van der Waals surface area contributed by atoms with Crippen LogP contribution in [0, 0.1) is 11.3 Å². The van der Waals surface area contributed by atoms with Crippen LogP contribution >= 0.6 is 23.2 Å². The average Bonchev–Trinajstić information content (AvgIpc) is 3.42. The van der Waals surface area contributed by atoms with E-state index in [0.717, 1.165) is 21.7 Å². The molecule has 0 aliphatic carbocycles. The highest BCUT2D eigenvalue weighted by Gasteiger charge is 2.35. The van der Waals surface area contributed by atoms with E-state index < -0.39 is 11.8 Å². The zero-order chi connectivity index (χ0) is 29.8. The number of aromatic nitrogens is 2. The van der Waals surface area contributed by atoms with Gasteiger partial charge in [0.15, 0.2) is 0 Å². The molecule has 42 heavy (non-hydrogen) atoms. The number of halogens is 2. The topological polar surface area (TPSA) is 88.2 Å². The lowest BCUT2D eigenvalue weighted by Gasteiger charge is -2.26. The van der Waals surface area contributed by atoms with Crippen LogP contribution in [0.5, 0.6) is 5.75 Å². The van der Waals surface area contributed by atoms with Crippen molar-refractivity contribution in [1.29, 1.82) is 5.26 Å². The zero-order valence-corrected chi connectivity index (χ0v) is 24.1. The van der Waals surface area contributed by atoms with Crippen molar-refractivity contribution < 1.29 is 14.3 Å². The van der Waals surface area contributed by atoms with Crippen LogP contribution in [-0.4, -0.2) is 33.0 Å². The maximum Gasteiger partial charge on any atom is 0.271 e. The minimum atomic E-state index is -0.632. The van der Waals surface area contributed by atoms with Gasteiger partial charge in [-0.25, -0.2) is 4.68 Å². The lowest BCUT2D eigenvalue weighted by atomic mass is 9.93. The van der Waals surface area contributed by atoms with Crippen molar-refractivity contribution >= 4 is 41.1 Å². The Bertz CT molecular complexity index is 1800. The van der Waals surface area contributed by atoms with Crippen LogP contribution in [0.1, 0.15) is 18.1 Å². The van der Waals surface area contributed by atoms with Gasteiger partial charge in [-0.1, -0.05) is 53.5 Å². The van der Waals surface area contributed by atoms with Crippen molar-refractivity contribution in [3.8, 4) is 28.8 Å². The van der Waals surface area contributed by atoms with Gasteiger partial charge in [0, 0.05) is 45.1 Å². The highest BCUT2D eigenvalue weighted by Crippen LogP contribution is 2.32. The van der Waals surface area contributed by atoms with Crippen molar-refractivity contribution in [2.24, 2.45) is 0 Å². The van der Waals surface area contributed by atoms with E-state index in [1.165, 1.54) is 6.08 Å². The number of carbonyl (C=O) groups is 2. The molecule has 0 radical (unpaired) electrons. The molecule has 1 aliphatic rings. The van der Waals surface area contributed by atoms with Crippen molar-refractivity contribution in [2.75, 3.05) is 6.54 Å². The van der Waals surface area contributed by atoms with Crippen LogP contribution in [-0.2, 0) is 16.2 Å². The standard InChI is InChI=1S/C33H24Cl2N4O3/c1-3-15-38-32(40)28(21(2)29(18-36)33(38)41)16-24-19-39(26-7-5-4-6-8-26)37-31(24)22-10-13-27(14-11-22)42-20-23-9-12-25(34)17-30(23)35/h3-14,16-17,19H,1,15,20H2,2H3/b28-16+. The van der Waals surface area contributed by atoms with Crippen molar-refractivity contribution in [3.05, 3.63) is 130 Å². The van der Waals surface area contributed by atoms with E-state index in [-0.39, 0.29) is 24.3 Å². The second-order valence-corrected chi connectivity index (χ2v) is 10.3. The first-order chi connectivity index (χ1) is 20.3. The molecule has 1 aromatic heterocycles. The summed E-state index contributed by atoms with van der Waals surface area (Å²) in [4.78, 5) is 27.2. The number of nitrogens with zero attached hydrogens (tertiary/aromatic N) is 4. The predicted octanol–water partition coefficient (Wildman–Crippen LogP) is 7.20. The molecule has 208 valence electrons. The summed E-state index contributed by atoms with van der Waals surface area (Å²) < 4.78 is 7.66. The van der Waals surface area contributed by atoms with Crippen molar-refractivity contribution in [1.82, 2.24) is 14.7 Å². The normalized spacial score (nSPS) is 14.3. The zero-order valence-electron chi connectivity index (χ0n) is 22.6. The molecule has 0 fully saturated rings. The van der Waals surface area contributed by atoms with Crippen LogP contribution < -0.4 is 4.74 Å². The third-order valence-corrected chi connectivity index (χ3v) is 7.32. The van der Waals surface area contributed by atoms with Crippen molar-refractivity contribution in [3.63, 3.8) is 0 Å². The highest BCUT2D eigenvalue weighted by atomic mass is 35.5. The summed E-state index contributed by atoms with van der Waals surface area (Å²) in [5.41, 5.74) is 4.11. The molecule has 0 unspecified atom stereocenters. The summed E-state index contributed by atoms with van der Waals surface area (Å²) in [5.74, 6) is -0.502. The Labute approximate surface area is 253 Å². The molecular formula is C33H24Cl2N4O3. The molecule has 0 N–H and O–H groups in total. The van der Waals surface area contributed by atoms with E-state index in [2.05, 4.69) is 6.58 Å². The van der Waals surface area contributed by atoms with Crippen LogP contribution in [0.25, 0.3) is 23.0 Å². The number of ether oxygens (including phenoxy) is 1. The molecular weight excluding hydrogens is 571 g/mol. The maximum atomic E-state index is 13.4. The fourth-order valence-electron chi connectivity index (χ4n) is 4.52. The molecule has 3 aromatic carbocycles. The number of rotatable bonds is 8. The second kappa shape index (κ2) is 12.3. The molecule has 0 spiro atoms. The molecule has 9 heteroatoms. The van der Waals surface area contributed by atoms with Gasteiger partial charge >= 0.3 is 0 Å². The third-order valence-electron chi connectivity index (χ3n) is 6.74. The molecule has 0 saturated carbocycles. The first-order valence-corrected chi connectivity index (χ1v) is 13.7. The van der Waals surface area contributed by atoms with Gasteiger partial charge in [0.1, 0.15) is 24.0 Å². The van der Waals surface area contributed by atoms with Gasteiger partial charge in [0.25, 0.3) is 11.8 Å². The summed E-state index contributed by atoms with van der Waals surface area (Å²) in [6, 6.07) is 24.2. The fourth-order valence-corrected chi connectivity index (χ4v) is 4.98. The number of benzene rings is 3. The largest absolute Gasteiger partial charge is 0.489 e. The molecule has 0 saturated heterocycles. The van der Waals surface area contributed by atoms with Crippen LogP contribution in [0.15, 0.2) is 108 Å². The second-order valence-electron chi connectivity index (χ2n) is 9.44. The molecule has 4 aromatic rings. The van der Waals surface area contributed by atoms with Gasteiger partial charge < -0.3 is 4.74 Å². The molecule has 7 nitrogen and oxygen atoms in total. The van der Waals surface area contributed by atoms with E-state index in [0.29, 0.717) is 32.6 Å². The average molecular weight is 595 g/mol. The minimum Gasteiger partial charge on any atom is -0.489 e. The van der Waals surface area contributed by atoms with E-state index >= 15 is 0 Å². The molecule has 1 aliphatic heterocycles.